The smallest absolute Gasteiger partial charge is 0.0854 e. The van der Waals surface area contributed by atoms with Crippen LogP contribution >= 0.6 is 0 Å². The number of aromatic nitrogens is 2. The first-order valence-corrected chi connectivity index (χ1v) is 4.11. The molecule has 0 unspecified atom stereocenters. The Morgan fingerprint density at radius 3 is 2.62 bits per heavy atom. The maximum absolute atomic E-state index is 9.01. The van der Waals surface area contributed by atoms with E-state index in [9.17, 15) is 0 Å². The summed E-state index contributed by atoms with van der Waals surface area (Å²) in [6, 6.07) is 11.5. The van der Waals surface area contributed by atoms with Crippen molar-refractivity contribution in [2.45, 2.75) is 6.61 Å². The molecule has 0 spiro atoms. The van der Waals surface area contributed by atoms with E-state index in [2.05, 4.69) is 5.10 Å². The van der Waals surface area contributed by atoms with Gasteiger partial charge in [0.25, 0.3) is 0 Å². The van der Waals surface area contributed by atoms with Crippen LogP contribution in [0.2, 0.25) is 0 Å². The minimum absolute atomic E-state index is 0.00882. The van der Waals surface area contributed by atoms with Gasteiger partial charge in [0.05, 0.1) is 18.0 Å². The molecule has 0 radical (unpaired) electrons. The van der Waals surface area contributed by atoms with E-state index in [4.69, 9.17) is 5.11 Å². The lowest BCUT2D eigenvalue weighted by molar-refractivity contribution is 0.273. The van der Waals surface area contributed by atoms with Crippen LogP contribution in [0.5, 0.6) is 0 Å². The molecule has 3 nitrogen and oxygen atoms in total. The fourth-order valence-electron chi connectivity index (χ4n) is 1.25. The molecular formula is C10H10N2O. The first-order valence-electron chi connectivity index (χ1n) is 4.11. The average molecular weight is 174 g/mol. The predicted octanol–water partition coefficient (Wildman–Crippen LogP) is 1.36. The molecule has 1 aromatic carbocycles. The molecule has 1 aromatic heterocycles. The number of para-hydroxylation sites is 1. The van der Waals surface area contributed by atoms with Crippen molar-refractivity contribution in [1.29, 1.82) is 0 Å². The maximum Gasteiger partial charge on any atom is 0.0854 e. The van der Waals surface area contributed by atoms with Gasteiger partial charge in [-0.25, -0.2) is 4.68 Å². The van der Waals surface area contributed by atoms with E-state index < -0.39 is 0 Å². The van der Waals surface area contributed by atoms with Gasteiger partial charge in [0, 0.05) is 6.20 Å². The van der Waals surface area contributed by atoms with Gasteiger partial charge in [0.1, 0.15) is 0 Å². The van der Waals surface area contributed by atoms with E-state index in [0.29, 0.717) is 0 Å². The van der Waals surface area contributed by atoms with Crippen molar-refractivity contribution in [2.75, 3.05) is 0 Å². The minimum Gasteiger partial charge on any atom is -0.390 e. The van der Waals surface area contributed by atoms with Crippen LogP contribution in [-0.2, 0) is 6.61 Å². The number of hydrogen-bond acceptors (Lipinski definition) is 2. The lowest BCUT2D eigenvalue weighted by Gasteiger charge is -2.03. The molecule has 0 saturated carbocycles. The fraction of sp³-hybridized carbons (Fsp3) is 0.100. The first-order chi connectivity index (χ1) is 6.42. The lowest BCUT2D eigenvalue weighted by atomic mass is 10.3. The van der Waals surface area contributed by atoms with Gasteiger partial charge in [-0.05, 0) is 18.2 Å². The fourth-order valence-corrected chi connectivity index (χ4v) is 1.25. The molecule has 0 aliphatic rings. The SMILES string of the molecule is OCc1ccnn1-c1ccccc1. The van der Waals surface area contributed by atoms with Crippen LogP contribution in [0.4, 0.5) is 0 Å². The molecule has 0 fully saturated rings. The number of aliphatic hydroxyl groups excluding tert-OH is 1. The van der Waals surface area contributed by atoms with E-state index in [1.807, 2.05) is 30.3 Å². The highest BCUT2D eigenvalue weighted by Gasteiger charge is 2.01. The van der Waals surface area contributed by atoms with Gasteiger partial charge >= 0.3 is 0 Å². The van der Waals surface area contributed by atoms with Gasteiger partial charge in [-0.3, -0.25) is 0 Å². The zero-order valence-electron chi connectivity index (χ0n) is 7.09. The van der Waals surface area contributed by atoms with Gasteiger partial charge in [0.2, 0.25) is 0 Å². The molecule has 0 aliphatic carbocycles. The standard InChI is InChI=1S/C10H10N2O/c13-8-10-6-7-11-12(10)9-4-2-1-3-5-9/h1-7,13H,8H2. The Kier molecular flexibility index (Phi) is 2.10. The Morgan fingerprint density at radius 1 is 1.15 bits per heavy atom. The number of hydrogen-bond donors (Lipinski definition) is 1. The van der Waals surface area contributed by atoms with Crippen molar-refractivity contribution in [3.05, 3.63) is 48.3 Å². The zero-order chi connectivity index (χ0) is 9.10. The third-order valence-electron chi connectivity index (χ3n) is 1.88. The third-order valence-corrected chi connectivity index (χ3v) is 1.88. The van der Waals surface area contributed by atoms with Crippen molar-refractivity contribution < 1.29 is 5.11 Å². The Morgan fingerprint density at radius 2 is 1.92 bits per heavy atom. The number of aliphatic hydroxyl groups is 1. The first kappa shape index (κ1) is 8.01. The lowest BCUT2D eigenvalue weighted by Crippen LogP contribution is -2.01. The third kappa shape index (κ3) is 1.46. The molecule has 3 heteroatoms. The minimum atomic E-state index is 0.00882. The molecule has 0 saturated heterocycles. The highest BCUT2D eigenvalue weighted by molar-refractivity contribution is 5.31. The second kappa shape index (κ2) is 3.41. The van der Waals surface area contributed by atoms with E-state index in [-0.39, 0.29) is 6.61 Å². The number of benzene rings is 1. The largest absolute Gasteiger partial charge is 0.390 e. The summed E-state index contributed by atoms with van der Waals surface area (Å²) in [5.41, 5.74) is 1.77. The molecule has 13 heavy (non-hydrogen) atoms. The average Bonchev–Trinajstić information content (AvgIpc) is 2.67. The maximum atomic E-state index is 9.01. The number of rotatable bonds is 2. The number of nitrogens with zero attached hydrogens (tertiary/aromatic N) is 2. The van der Waals surface area contributed by atoms with Gasteiger partial charge in [-0.2, -0.15) is 5.10 Å². The van der Waals surface area contributed by atoms with Gasteiger partial charge in [-0.15, -0.1) is 0 Å². The van der Waals surface area contributed by atoms with Crippen molar-refractivity contribution in [2.24, 2.45) is 0 Å². The van der Waals surface area contributed by atoms with E-state index in [0.717, 1.165) is 11.4 Å². The Hall–Kier alpha value is -1.61. The molecular weight excluding hydrogens is 164 g/mol. The molecule has 66 valence electrons. The Bertz CT molecular complexity index is 381. The van der Waals surface area contributed by atoms with Gasteiger partial charge in [-0.1, -0.05) is 18.2 Å². The monoisotopic (exact) mass is 174 g/mol. The zero-order valence-corrected chi connectivity index (χ0v) is 7.09. The predicted molar refractivity (Wildman–Crippen MR) is 49.5 cm³/mol. The summed E-state index contributed by atoms with van der Waals surface area (Å²) in [6.45, 7) is 0.00882. The molecule has 0 aliphatic heterocycles. The van der Waals surface area contributed by atoms with Crippen LogP contribution in [0.25, 0.3) is 5.69 Å². The topological polar surface area (TPSA) is 38.1 Å². The van der Waals surface area contributed by atoms with Crippen LogP contribution in [0, 0.1) is 0 Å². The van der Waals surface area contributed by atoms with Crippen LogP contribution in [0.15, 0.2) is 42.6 Å². The molecule has 1 heterocycles. The van der Waals surface area contributed by atoms with Crippen LogP contribution in [-0.4, -0.2) is 14.9 Å². The van der Waals surface area contributed by atoms with Crippen LogP contribution in [0.3, 0.4) is 0 Å². The Labute approximate surface area is 76.3 Å². The quantitative estimate of drug-likeness (QED) is 0.746. The van der Waals surface area contributed by atoms with E-state index >= 15 is 0 Å². The second-order valence-electron chi connectivity index (χ2n) is 2.73. The summed E-state index contributed by atoms with van der Waals surface area (Å²) in [5, 5.41) is 13.1. The molecule has 1 N–H and O–H groups in total. The van der Waals surface area contributed by atoms with Crippen molar-refractivity contribution in [3.63, 3.8) is 0 Å². The summed E-state index contributed by atoms with van der Waals surface area (Å²) in [5.74, 6) is 0. The van der Waals surface area contributed by atoms with E-state index in [1.54, 1.807) is 16.9 Å². The highest BCUT2D eigenvalue weighted by atomic mass is 16.3. The summed E-state index contributed by atoms with van der Waals surface area (Å²) in [6.07, 6.45) is 1.68. The molecule has 0 bridgehead atoms. The normalized spacial score (nSPS) is 10.2. The summed E-state index contributed by atoms with van der Waals surface area (Å²) in [4.78, 5) is 0. The Balaban J connectivity index is 2.47. The van der Waals surface area contributed by atoms with E-state index in [1.165, 1.54) is 0 Å². The van der Waals surface area contributed by atoms with Crippen molar-refractivity contribution in [1.82, 2.24) is 9.78 Å². The summed E-state index contributed by atoms with van der Waals surface area (Å²) in [7, 11) is 0. The van der Waals surface area contributed by atoms with Gasteiger partial charge < -0.3 is 5.11 Å². The van der Waals surface area contributed by atoms with Gasteiger partial charge in [0.15, 0.2) is 0 Å². The van der Waals surface area contributed by atoms with Crippen molar-refractivity contribution >= 4 is 0 Å². The summed E-state index contributed by atoms with van der Waals surface area (Å²) >= 11 is 0. The summed E-state index contributed by atoms with van der Waals surface area (Å²) < 4.78 is 1.72. The molecule has 0 amide bonds. The van der Waals surface area contributed by atoms with Crippen LogP contribution < -0.4 is 0 Å². The molecule has 0 atom stereocenters. The second-order valence-corrected chi connectivity index (χ2v) is 2.73. The van der Waals surface area contributed by atoms with Crippen LogP contribution in [0.1, 0.15) is 5.69 Å². The van der Waals surface area contributed by atoms with Crippen molar-refractivity contribution in [3.8, 4) is 5.69 Å². The molecule has 2 aromatic rings. The molecule has 2 rings (SSSR count). The highest BCUT2D eigenvalue weighted by Crippen LogP contribution is 2.09.